The van der Waals surface area contributed by atoms with Crippen molar-refractivity contribution >= 4 is 11.9 Å². The van der Waals surface area contributed by atoms with Crippen LogP contribution in [0.3, 0.4) is 0 Å². The molecule has 0 aliphatic carbocycles. The van der Waals surface area contributed by atoms with Crippen LogP contribution in [-0.4, -0.2) is 61.5 Å². The first-order valence-corrected chi connectivity index (χ1v) is 9.69. The molecule has 142 valence electrons. The Hall–Kier alpha value is -2.08. The second kappa shape index (κ2) is 9.03. The second-order valence-electron chi connectivity index (χ2n) is 7.32. The van der Waals surface area contributed by atoms with Gasteiger partial charge < -0.3 is 20.4 Å². The molecule has 6 heteroatoms. The van der Waals surface area contributed by atoms with E-state index in [9.17, 15) is 9.59 Å². The highest BCUT2D eigenvalue weighted by Crippen LogP contribution is 2.20. The molecule has 2 heterocycles. The van der Waals surface area contributed by atoms with E-state index in [0.29, 0.717) is 19.0 Å². The summed E-state index contributed by atoms with van der Waals surface area (Å²) in [6.45, 7) is 4.06. The maximum Gasteiger partial charge on any atom is 0.318 e. The highest BCUT2D eigenvalue weighted by molar-refractivity contribution is 5.84. The Morgan fingerprint density at radius 2 is 1.81 bits per heavy atom. The van der Waals surface area contributed by atoms with Crippen molar-refractivity contribution in [2.24, 2.45) is 5.92 Å². The minimum atomic E-state index is -0.142. The number of benzene rings is 1. The summed E-state index contributed by atoms with van der Waals surface area (Å²) in [6, 6.07) is 8.09. The fourth-order valence-corrected chi connectivity index (χ4v) is 3.86. The lowest BCUT2D eigenvalue weighted by atomic mass is 9.93. The molecule has 1 fully saturated rings. The van der Waals surface area contributed by atoms with Crippen molar-refractivity contribution in [3.05, 3.63) is 35.4 Å². The summed E-state index contributed by atoms with van der Waals surface area (Å²) in [5, 5.41) is 6.00. The monoisotopic (exact) mass is 358 g/mol. The van der Waals surface area contributed by atoms with E-state index in [2.05, 4.69) is 22.8 Å². The molecule has 3 amide bonds. The smallest absolute Gasteiger partial charge is 0.318 e. The number of amides is 3. The molecule has 0 bridgehead atoms. The van der Waals surface area contributed by atoms with Crippen LogP contribution >= 0.6 is 0 Å². The van der Waals surface area contributed by atoms with Crippen LogP contribution in [0.1, 0.15) is 30.4 Å². The molecule has 6 nitrogen and oxygen atoms in total. The average Bonchev–Trinajstić information content (AvgIpc) is 2.70. The quantitative estimate of drug-likeness (QED) is 0.840. The van der Waals surface area contributed by atoms with Gasteiger partial charge in [-0.2, -0.15) is 0 Å². The summed E-state index contributed by atoms with van der Waals surface area (Å²) in [5.41, 5.74) is 2.51. The van der Waals surface area contributed by atoms with Crippen molar-refractivity contribution in [3.63, 3.8) is 0 Å². The first kappa shape index (κ1) is 18.7. The van der Waals surface area contributed by atoms with Gasteiger partial charge in [-0.3, -0.25) is 4.79 Å². The third-order valence-corrected chi connectivity index (χ3v) is 5.58. The summed E-state index contributed by atoms with van der Waals surface area (Å²) < 4.78 is 0. The third kappa shape index (κ3) is 4.75. The van der Waals surface area contributed by atoms with Gasteiger partial charge in [-0.1, -0.05) is 24.3 Å². The summed E-state index contributed by atoms with van der Waals surface area (Å²) >= 11 is 0. The van der Waals surface area contributed by atoms with Crippen molar-refractivity contribution in [2.45, 2.75) is 32.2 Å². The zero-order chi connectivity index (χ0) is 18.4. The highest BCUT2D eigenvalue weighted by atomic mass is 16.2. The minimum Gasteiger partial charge on any atom is -0.341 e. The molecule has 2 N–H and O–H groups in total. The van der Waals surface area contributed by atoms with E-state index in [0.717, 1.165) is 38.9 Å². The summed E-state index contributed by atoms with van der Waals surface area (Å²) in [7, 11) is 1.97. The summed E-state index contributed by atoms with van der Waals surface area (Å²) in [6.07, 6.45) is 4.16. The number of likely N-dealkylation sites (tertiary alicyclic amines) is 1. The lowest BCUT2D eigenvalue weighted by Gasteiger charge is -2.33. The first-order valence-electron chi connectivity index (χ1n) is 9.69. The maximum absolute atomic E-state index is 12.4. The molecule has 26 heavy (non-hydrogen) atoms. The summed E-state index contributed by atoms with van der Waals surface area (Å²) in [4.78, 5) is 28.5. The molecular formula is C20H30N4O2. The number of hydrogen-bond donors (Lipinski definition) is 2. The number of piperidine rings is 1. The van der Waals surface area contributed by atoms with Crippen molar-refractivity contribution in [2.75, 3.05) is 39.8 Å². The molecule has 0 aromatic heterocycles. The lowest BCUT2D eigenvalue weighted by molar-refractivity contribution is -0.131. The predicted molar refractivity (Wildman–Crippen MR) is 102 cm³/mol. The van der Waals surface area contributed by atoms with E-state index in [1.54, 1.807) is 4.90 Å². The van der Waals surface area contributed by atoms with Gasteiger partial charge in [-0.05, 0) is 56.3 Å². The molecule has 2 aliphatic heterocycles. The number of nitrogens with zero attached hydrogens (tertiary/aromatic N) is 2. The van der Waals surface area contributed by atoms with E-state index >= 15 is 0 Å². The van der Waals surface area contributed by atoms with Gasteiger partial charge in [0.05, 0.1) is 6.54 Å². The van der Waals surface area contributed by atoms with Crippen LogP contribution in [0.4, 0.5) is 4.79 Å². The Morgan fingerprint density at radius 3 is 2.54 bits per heavy atom. The van der Waals surface area contributed by atoms with Crippen molar-refractivity contribution in [1.82, 2.24) is 20.4 Å². The Bertz CT molecular complexity index is 626. The average molecular weight is 358 g/mol. The van der Waals surface area contributed by atoms with Gasteiger partial charge >= 0.3 is 6.03 Å². The zero-order valence-corrected chi connectivity index (χ0v) is 15.7. The van der Waals surface area contributed by atoms with Crippen LogP contribution in [0, 0.1) is 5.92 Å². The first-order chi connectivity index (χ1) is 12.7. The van der Waals surface area contributed by atoms with Crippen molar-refractivity contribution in [1.29, 1.82) is 0 Å². The predicted octanol–water partition coefficient (Wildman–Crippen LogP) is 1.60. The number of nitrogens with one attached hydrogen (secondary N) is 2. The van der Waals surface area contributed by atoms with E-state index < -0.39 is 0 Å². The van der Waals surface area contributed by atoms with Gasteiger partial charge in [0.25, 0.3) is 0 Å². The molecule has 0 spiro atoms. The van der Waals surface area contributed by atoms with Crippen LogP contribution in [0.2, 0.25) is 0 Å². The maximum atomic E-state index is 12.4. The Morgan fingerprint density at radius 1 is 1.08 bits per heavy atom. The molecule has 2 aliphatic rings. The fourth-order valence-electron chi connectivity index (χ4n) is 3.86. The molecule has 0 unspecified atom stereocenters. The number of carbonyl (C=O) groups is 2. The van der Waals surface area contributed by atoms with E-state index in [1.165, 1.54) is 17.5 Å². The Labute approximate surface area is 155 Å². The molecule has 1 aromatic carbocycles. The van der Waals surface area contributed by atoms with Gasteiger partial charge in [-0.15, -0.1) is 0 Å². The molecule has 3 rings (SSSR count). The largest absolute Gasteiger partial charge is 0.341 e. The van der Waals surface area contributed by atoms with Crippen LogP contribution < -0.4 is 10.6 Å². The molecule has 0 saturated carbocycles. The van der Waals surface area contributed by atoms with Crippen LogP contribution in [0.5, 0.6) is 0 Å². The van der Waals surface area contributed by atoms with Gasteiger partial charge in [0, 0.05) is 26.2 Å². The normalized spacial score (nSPS) is 17.7. The van der Waals surface area contributed by atoms with Gasteiger partial charge in [0.2, 0.25) is 5.91 Å². The van der Waals surface area contributed by atoms with Crippen molar-refractivity contribution < 1.29 is 9.59 Å². The van der Waals surface area contributed by atoms with Crippen molar-refractivity contribution in [3.8, 4) is 0 Å². The Kier molecular flexibility index (Phi) is 6.50. The van der Waals surface area contributed by atoms with E-state index in [-0.39, 0.29) is 18.5 Å². The zero-order valence-electron chi connectivity index (χ0n) is 15.7. The fraction of sp³-hybridized carbons (Fsp3) is 0.600. The van der Waals surface area contributed by atoms with Gasteiger partial charge in [0.15, 0.2) is 0 Å². The topological polar surface area (TPSA) is 64.7 Å². The second-order valence-corrected chi connectivity index (χ2v) is 7.32. The Balaban J connectivity index is 1.40. The molecule has 0 radical (unpaired) electrons. The number of urea groups is 1. The molecule has 1 aromatic rings. The summed E-state index contributed by atoms with van der Waals surface area (Å²) in [5.74, 6) is 0.734. The standard InChI is InChI=1S/C20H30N4O2/c1-21-10-6-16-7-11-23(12-8-16)19(25)14-22-20(26)24-13-9-17-4-2-3-5-18(17)15-24/h2-5,16,21H,6-15H2,1H3,(H,22,26). The molecule has 0 atom stereocenters. The number of carbonyl (C=O) groups excluding carboxylic acids is 2. The molecule has 1 saturated heterocycles. The van der Waals surface area contributed by atoms with E-state index in [4.69, 9.17) is 0 Å². The SMILES string of the molecule is CNCCC1CCN(C(=O)CNC(=O)N2CCc3ccccc3C2)CC1. The number of rotatable bonds is 5. The van der Waals surface area contributed by atoms with Crippen LogP contribution in [0.15, 0.2) is 24.3 Å². The lowest BCUT2D eigenvalue weighted by Crippen LogP contribution is -2.48. The molecular weight excluding hydrogens is 328 g/mol. The highest BCUT2D eigenvalue weighted by Gasteiger charge is 2.24. The van der Waals surface area contributed by atoms with E-state index in [1.807, 2.05) is 24.1 Å². The van der Waals surface area contributed by atoms with Gasteiger partial charge in [0.1, 0.15) is 0 Å². The van der Waals surface area contributed by atoms with Crippen LogP contribution in [0.25, 0.3) is 0 Å². The minimum absolute atomic E-state index is 0.0304. The number of hydrogen-bond acceptors (Lipinski definition) is 3. The third-order valence-electron chi connectivity index (χ3n) is 5.58. The van der Waals surface area contributed by atoms with Crippen LogP contribution in [-0.2, 0) is 17.8 Å². The van der Waals surface area contributed by atoms with Gasteiger partial charge in [-0.25, -0.2) is 4.79 Å². The number of fused-ring (bicyclic) bond motifs is 1.